The first-order valence-corrected chi connectivity index (χ1v) is 8.66. The van der Waals surface area contributed by atoms with Crippen molar-refractivity contribution in [2.45, 2.75) is 13.5 Å². The van der Waals surface area contributed by atoms with Crippen LogP contribution in [0.25, 0.3) is 0 Å². The van der Waals surface area contributed by atoms with Gasteiger partial charge in [-0.3, -0.25) is 4.79 Å². The number of nitrogens with zero attached hydrogens (tertiary/aromatic N) is 2. The van der Waals surface area contributed by atoms with Crippen molar-refractivity contribution in [2.24, 2.45) is 0 Å². The number of amides is 1. The van der Waals surface area contributed by atoms with E-state index in [4.69, 9.17) is 23.2 Å². The molecule has 0 aliphatic carbocycles. The summed E-state index contributed by atoms with van der Waals surface area (Å²) in [6.45, 7) is 2.35. The van der Waals surface area contributed by atoms with Crippen LogP contribution in [0.3, 0.4) is 0 Å². The van der Waals surface area contributed by atoms with Crippen LogP contribution < -0.4 is 10.6 Å². The highest BCUT2D eigenvalue weighted by Gasteiger charge is 2.11. The quantitative estimate of drug-likeness (QED) is 0.650. The number of hydrogen-bond donors (Lipinski definition) is 2. The predicted molar refractivity (Wildman–Crippen MR) is 105 cm³/mol. The zero-order valence-electron chi connectivity index (χ0n) is 14.0. The van der Waals surface area contributed by atoms with Crippen LogP contribution in [-0.2, 0) is 6.54 Å². The summed E-state index contributed by atoms with van der Waals surface area (Å²) in [6, 6.07) is 14.4. The molecule has 0 saturated carbocycles. The van der Waals surface area contributed by atoms with E-state index in [-0.39, 0.29) is 11.6 Å². The Morgan fingerprint density at radius 2 is 1.92 bits per heavy atom. The molecule has 0 aliphatic rings. The Labute approximate surface area is 161 Å². The van der Waals surface area contributed by atoms with Crippen molar-refractivity contribution in [1.29, 1.82) is 0 Å². The molecule has 0 fully saturated rings. The van der Waals surface area contributed by atoms with E-state index in [1.807, 2.05) is 37.3 Å². The number of benzene rings is 2. The van der Waals surface area contributed by atoms with Gasteiger partial charge in [0.1, 0.15) is 5.69 Å². The second-order valence-corrected chi connectivity index (χ2v) is 6.47. The monoisotopic (exact) mass is 386 g/mol. The van der Waals surface area contributed by atoms with Gasteiger partial charge in [-0.25, -0.2) is 9.97 Å². The van der Waals surface area contributed by atoms with Crippen LogP contribution in [0, 0.1) is 6.92 Å². The molecule has 1 aromatic heterocycles. The molecule has 0 aliphatic heterocycles. The minimum absolute atomic E-state index is 0.251. The average Bonchev–Trinajstić information content (AvgIpc) is 2.64. The van der Waals surface area contributed by atoms with Gasteiger partial charge in [-0.05, 0) is 42.3 Å². The maximum absolute atomic E-state index is 12.5. The third-order valence-electron chi connectivity index (χ3n) is 3.73. The molecular weight excluding hydrogens is 371 g/mol. The van der Waals surface area contributed by atoms with Crippen LogP contribution in [-0.4, -0.2) is 15.9 Å². The Morgan fingerprint density at radius 3 is 2.73 bits per heavy atom. The minimum Gasteiger partial charge on any atom is -0.350 e. The molecule has 0 atom stereocenters. The lowest BCUT2D eigenvalue weighted by molar-refractivity contribution is 0.102. The summed E-state index contributed by atoms with van der Waals surface area (Å²) < 4.78 is 0. The number of anilines is 2. The van der Waals surface area contributed by atoms with Crippen LogP contribution in [0.2, 0.25) is 10.0 Å². The molecule has 7 heteroatoms. The van der Waals surface area contributed by atoms with Crippen molar-refractivity contribution in [1.82, 2.24) is 9.97 Å². The normalized spacial score (nSPS) is 10.4. The van der Waals surface area contributed by atoms with Crippen molar-refractivity contribution in [3.63, 3.8) is 0 Å². The van der Waals surface area contributed by atoms with E-state index in [1.165, 1.54) is 6.20 Å². The van der Waals surface area contributed by atoms with E-state index in [9.17, 15) is 4.79 Å². The Hall–Kier alpha value is -2.63. The van der Waals surface area contributed by atoms with Crippen molar-refractivity contribution in [3.05, 3.63) is 81.6 Å². The fourth-order valence-corrected chi connectivity index (χ4v) is 2.68. The molecule has 2 aromatic carbocycles. The second-order valence-electron chi connectivity index (χ2n) is 5.62. The zero-order chi connectivity index (χ0) is 18.5. The summed E-state index contributed by atoms with van der Waals surface area (Å²) in [5, 5.41) is 7.10. The Balaban J connectivity index is 1.71. The highest BCUT2D eigenvalue weighted by Crippen LogP contribution is 2.21. The number of nitrogens with one attached hydrogen (secondary N) is 2. The number of hydrogen-bond acceptors (Lipinski definition) is 4. The van der Waals surface area contributed by atoms with Gasteiger partial charge in [0.15, 0.2) is 0 Å². The molecule has 26 heavy (non-hydrogen) atoms. The highest BCUT2D eigenvalue weighted by atomic mass is 35.5. The lowest BCUT2D eigenvalue weighted by Gasteiger charge is -2.10. The zero-order valence-corrected chi connectivity index (χ0v) is 15.5. The standard InChI is InChI=1S/C19H16Cl2N4O/c1-12-6-7-14(20)10-17(12)24-18(26)16-8-9-22-19(25-16)23-11-13-4-2-3-5-15(13)21/h2-10H,11H2,1H3,(H,24,26)(H,22,23,25). The topological polar surface area (TPSA) is 66.9 Å². The number of halogens is 2. The summed E-state index contributed by atoms with van der Waals surface area (Å²) in [5.74, 6) is 0.0129. The van der Waals surface area contributed by atoms with Crippen molar-refractivity contribution < 1.29 is 4.79 Å². The third-order valence-corrected chi connectivity index (χ3v) is 4.33. The van der Waals surface area contributed by atoms with E-state index in [0.717, 1.165) is 11.1 Å². The average molecular weight is 387 g/mol. The first-order chi connectivity index (χ1) is 12.5. The smallest absolute Gasteiger partial charge is 0.274 e. The van der Waals surface area contributed by atoms with Gasteiger partial charge in [-0.15, -0.1) is 0 Å². The van der Waals surface area contributed by atoms with Gasteiger partial charge in [0.25, 0.3) is 5.91 Å². The van der Waals surface area contributed by atoms with E-state index in [0.29, 0.717) is 28.2 Å². The second kappa shape index (κ2) is 8.17. The summed E-state index contributed by atoms with van der Waals surface area (Å²) in [4.78, 5) is 20.9. The molecule has 1 amide bonds. The molecular formula is C19H16Cl2N4O. The van der Waals surface area contributed by atoms with Gasteiger partial charge in [-0.2, -0.15) is 0 Å². The molecule has 2 N–H and O–H groups in total. The van der Waals surface area contributed by atoms with Crippen LogP contribution in [0.5, 0.6) is 0 Å². The molecule has 5 nitrogen and oxygen atoms in total. The number of aromatic nitrogens is 2. The molecule has 0 bridgehead atoms. The summed E-state index contributed by atoms with van der Waals surface area (Å²) in [6.07, 6.45) is 1.53. The van der Waals surface area contributed by atoms with Crippen molar-refractivity contribution in [3.8, 4) is 0 Å². The summed E-state index contributed by atoms with van der Waals surface area (Å²) in [5.41, 5.74) is 2.73. The number of aryl methyl sites for hydroxylation is 1. The fraction of sp³-hybridized carbons (Fsp3) is 0.105. The first kappa shape index (κ1) is 18.2. The SMILES string of the molecule is Cc1ccc(Cl)cc1NC(=O)c1ccnc(NCc2ccccc2Cl)n1. The molecule has 132 valence electrons. The number of carbonyl (C=O) groups is 1. The Kier molecular flexibility index (Phi) is 5.71. The van der Waals surface area contributed by atoms with Crippen LogP contribution in [0.15, 0.2) is 54.7 Å². The lowest BCUT2D eigenvalue weighted by atomic mass is 10.2. The van der Waals surface area contributed by atoms with Gasteiger partial charge < -0.3 is 10.6 Å². The number of rotatable bonds is 5. The fourth-order valence-electron chi connectivity index (χ4n) is 2.30. The van der Waals surface area contributed by atoms with Crippen LogP contribution in [0.4, 0.5) is 11.6 Å². The molecule has 1 heterocycles. The van der Waals surface area contributed by atoms with E-state index < -0.39 is 0 Å². The van der Waals surface area contributed by atoms with Gasteiger partial charge >= 0.3 is 0 Å². The summed E-state index contributed by atoms with van der Waals surface area (Å²) >= 11 is 12.1. The van der Waals surface area contributed by atoms with Crippen molar-refractivity contribution in [2.75, 3.05) is 10.6 Å². The minimum atomic E-state index is -0.335. The molecule has 0 radical (unpaired) electrons. The van der Waals surface area contributed by atoms with Gasteiger partial charge in [0, 0.05) is 28.5 Å². The Bertz CT molecular complexity index is 946. The van der Waals surface area contributed by atoms with E-state index >= 15 is 0 Å². The largest absolute Gasteiger partial charge is 0.350 e. The Morgan fingerprint density at radius 1 is 1.12 bits per heavy atom. The van der Waals surface area contributed by atoms with Gasteiger partial charge in [0.2, 0.25) is 5.95 Å². The third kappa shape index (κ3) is 4.50. The maximum Gasteiger partial charge on any atom is 0.274 e. The van der Waals surface area contributed by atoms with Crippen LogP contribution >= 0.6 is 23.2 Å². The maximum atomic E-state index is 12.5. The molecule has 3 rings (SSSR count). The molecule has 0 unspecified atom stereocenters. The molecule has 3 aromatic rings. The predicted octanol–water partition coefficient (Wildman–Crippen LogP) is 4.96. The van der Waals surface area contributed by atoms with Crippen LogP contribution in [0.1, 0.15) is 21.6 Å². The number of carbonyl (C=O) groups excluding carboxylic acids is 1. The van der Waals surface area contributed by atoms with E-state index in [2.05, 4.69) is 20.6 Å². The van der Waals surface area contributed by atoms with Gasteiger partial charge in [-0.1, -0.05) is 47.5 Å². The molecule has 0 saturated heterocycles. The highest BCUT2D eigenvalue weighted by molar-refractivity contribution is 6.31. The summed E-state index contributed by atoms with van der Waals surface area (Å²) in [7, 11) is 0. The van der Waals surface area contributed by atoms with Gasteiger partial charge in [0.05, 0.1) is 0 Å². The lowest BCUT2D eigenvalue weighted by Crippen LogP contribution is -2.16. The first-order valence-electron chi connectivity index (χ1n) is 7.91. The van der Waals surface area contributed by atoms with E-state index in [1.54, 1.807) is 18.2 Å². The molecule has 0 spiro atoms. The van der Waals surface area contributed by atoms with Crippen molar-refractivity contribution >= 4 is 40.7 Å².